The molecule has 0 atom stereocenters. The molecule has 0 amide bonds. The summed E-state index contributed by atoms with van der Waals surface area (Å²) in [6.45, 7) is 4.39. The monoisotopic (exact) mass is 263 g/mol. The molecule has 0 radical (unpaired) electrons. The molecule has 0 saturated heterocycles. The predicted octanol–water partition coefficient (Wildman–Crippen LogP) is 2.76. The highest BCUT2D eigenvalue weighted by molar-refractivity contribution is 5.56. The van der Waals surface area contributed by atoms with Gasteiger partial charge in [0.05, 0.1) is 0 Å². The SMILES string of the molecule is CNCc1c(C)nc(-c2cc(F)cc(F)c2)nc1C. The van der Waals surface area contributed by atoms with Crippen molar-refractivity contribution in [1.82, 2.24) is 15.3 Å². The van der Waals surface area contributed by atoms with E-state index in [1.165, 1.54) is 12.1 Å². The number of halogens is 2. The van der Waals surface area contributed by atoms with E-state index in [0.717, 1.165) is 23.0 Å². The second-order valence-electron chi connectivity index (χ2n) is 4.39. The van der Waals surface area contributed by atoms with Crippen molar-refractivity contribution in [2.45, 2.75) is 20.4 Å². The fourth-order valence-electron chi connectivity index (χ4n) is 1.98. The number of hydrogen-bond acceptors (Lipinski definition) is 3. The normalized spacial score (nSPS) is 10.8. The Hall–Kier alpha value is -1.88. The lowest BCUT2D eigenvalue weighted by molar-refractivity contribution is 0.584. The average molecular weight is 263 g/mol. The second kappa shape index (κ2) is 5.40. The lowest BCUT2D eigenvalue weighted by atomic mass is 10.1. The third-order valence-corrected chi connectivity index (χ3v) is 2.89. The predicted molar refractivity (Wildman–Crippen MR) is 69.6 cm³/mol. The Bertz CT molecular complexity index is 568. The number of aryl methyl sites for hydroxylation is 2. The Morgan fingerprint density at radius 1 is 1.00 bits per heavy atom. The minimum Gasteiger partial charge on any atom is -0.316 e. The molecule has 1 aromatic heterocycles. The number of rotatable bonds is 3. The molecule has 0 aliphatic heterocycles. The minimum absolute atomic E-state index is 0.341. The average Bonchev–Trinajstić information content (AvgIpc) is 2.32. The summed E-state index contributed by atoms with van der Waals surface area (Å²) in [4.78, 5) is 8.64. The van der Waals surface area contributed by atoms with Gasteiger partial charge in [-0.25, -0.2) is 18.7 Å². The molecule has 1 N–H and O–H groups in total. The third kappa shape index (κ3) is 2.93. The van der Waals surface area contributed by atoms with Crippen LogP contribution in [0.15, 0.2) is 18.2 Å². The molecule has 2 rings (SSSR count). The minimum atomic E-state index is -0.631. The fraction of sp³-hybridized carbons (Fsp3) is 0.286. The Labute approximate surface area is 110 Å². The largest absolute Gasteiger partial charge is 0.316 e. The van der Waals surface area contributed by atoms with Crippen LogP contribution in [-0.4, -0.2) is 17.0 Å². The Morgan fingerprint density at radius 3 is 2.00 bits per heavy atom. The molecule has 19 heavy (non-hydrogen) atoms. The molecule has 0 aliphatic rings. The van der Waals surface area contributed by atoms with Crippen molar-refractivity contribution in [3.05, 3.63) is 46.8 Å². The van der Waals surface area contributed by atoms with Gasteiger partial charge in [-0.2, -0.15) is 0 Å². The summed E-state index contributed by atoms with van der Waals surface area (Å²) in [7, 11) is 1.84. The second-order valence-corrected chi connectivity index (χ2v) is 4.39. The van der Waals surface area contributed by atoms with Crippen molar-refractivity contribution >= 4 is 0 Å². The van der Waals surface area contributed by atoms with E-state index >= 15 is 0 Å². The summed E-state index contributed by atoms with van der Waals surface area (Å²) in [5.74, 6) is -0.922. The van der Waals surface area contributed by atoms with Crippen molar-refractivity contribution in [3.8, 4) is 11.4 Å². The zero-order valence-electron chi connectivity index (χ0n) is 11.1. The molecule has 0 spiro atoms. The molecule has 0 bridgehead atoms. The highest BCUT2D eigenvalue weighted by Gasteiger charge is 2.11. The van der Waals surface area contributed by atoms with Crippen LogP contribution in [0.1, 0.15) is 17.0 Å². The quantitative estimate of drug-likeness (QED) is 0.925. The maximum absolute atomic E-state index is 13.2. The first-order valence-corrected chi connectivity index (χ1v) is 5.96. The summed E-state index contributed by atoms with van der Waals surface area (Å²) in [6.07, 6.45) is 0. The summed E-state index contributed by atoms with van der Waals surface area (Å²) in [6, 6.07) is 3.29. The highest BCUT2D eigenvalue weighted by Crippen LogP contribution is 2.20. The molecule has 1 heterocycles. The van der Waals surface area contributed by atoms with E-state index < -0.39 is 11.6 Å². The molecule has 0 fully saturated rings. The molecule has 3 nitrogen and oxygen atoms in total. The van der Waals surface area contributed by atoms with E-state index in [1.54, 1.807) is 0 Å². The molecule has 5 heteroatoms. The van der Waals surface area contributed by atoms with Crippen LogP contribution in [0.5, 0.6) is 0 Å². The Balaban J connectivity index is 2.51. The number of nitrogens with zero attached hydrogens (tertiary/aromatic N) is 2. The zero-order valence-corrected chi connectivity index (χ0v) is 11.1. The maximum Gasteiger partial charge on any atom is 0.159 e. The first kappa shape index (κ1) is 13.5. The summed E-state index contributed by atoms with van der Waals surface area (Å²) in [5, 5.41) is 3.04. The molecule has 2 aromatic rings. The van der Waals surface area contributed by atoms with Crippen molar-refractivity contribution in [3.63, 3.8) is 0 Å². The van der Waals surface area contributed by atoms with Crippen molar-refractivity contribution in [1.29, 1.82) is 0 Å². The molecule has 0 unspecified atom stereocenters. The molecule has 0 saturated carbocycles. The van der Waals surface area contributed by atoms with Gasteiger partial charge in [-0.1, -0.05) is 0 Å². The molecular weight excluding hydrogens is 248 g/mol. The summed E-state index contributed by atoms with van der Waals surface area (Å²) < 4.78 is 26.4. The lowest BCUT2D eigenvalue weighted by Gasteiger charge is -2.10. The van der Waals surface area contributed by atoms with Gasteiger partial charge in [0.2, 0.25) is 0 Å². The van der Waals surface area contributed by atoms with Crippen LogP contribution in [0.25, 0.3) is 11.4 Å². The van der Waals surface area contributed by atoms with Crippen molar-refractivity contribution in [2.75, 3.05) is 7.05 Å². The van der Waals surface area contributed by atoms with E-state index in [9.17, 15) is 8.78 Å². The number of benzene rings is 1. The lowest BCUT2D eigenvalue weighted by Crippen LogP contribution is -2.11. The van der Waals surface area contributed by atoms with Crippen LogP contribution in [0, 0.1) is 25.5 Å². The van der Waals surface area contributed by atoms with Crippen LogP contribution < -0.4 is 5.32 Å². The first-order valence-electron chi connectivity index (χ1n) is 5.96. The number of nitrogens with one attached hydrogen (secondary N) is 1. The van der Waals surface area contributed by atoms with Gasteiger partial charge in [0.25, 0.3) is 0 Å². The van der Waals surface area contributed by atoms with E-state index in [0.29, 0.717) is 17.9 Å². The van der Waals surface area contributed by atoms with E-state index in [1.807, 2.05) is 20.9 Å². The van der Waals surface area contributed by atoms with Gasteiger partial charge in [0.15, 0.2) is 5.82 Å². The van der Waals surface area contributed by atoms with E-state index in [2.05, 4.69) is 15.3 Å². The van der Waals surface area contributed by atoms with E-state index in [4.69, 9.17) is 0 Å². The Kier molecular flexibility index (Phi) is 3.85. The number of aromatic nitrogens is 2. The highest BCUT2D eigenvalue weighted by atomic mass is 19.1. The van der Waals surface area contributed by atoms with E-state index in [-0.39, 0.29) is 0 Å². The van der Waals surface area contributed by atoms with Gasteiger partial charge in [0.1, 0.15) is 11.6 Å². The number of hydrogen-bond donors (Lipinski definition) is 1. The van der Waals surface area contributed by atoms with Gasteiger partial charge in [-0.3, -0.25) is 0 Å². The van der Waals surface area contributed by atoms with Gasteiger partial charge < -0.3 is 5.32 Å². The Morgan fingerprint density at radius 2 is 1.53 bits per heavy atom. The van der Waals surface area contributed by atoms with Crippen LogP contribution in [0.3, 0.4) is 0 Å². The van der Waals surface area contributed by atoms with Crippen LogP contribution >= 0.6 is 0 Å². The topological polar surface area (TPSA) is 37.8 Å². The maximum atomic E-state index is 13.2. The third-order valence-electron chi connectivity index (χ3n) is 2.89. The standard InChI is InChI=1S/C14H15F2N3/c1-8-13(7-17-3)9(2)19-14(18-8)10-4-11(15)6-12(16)5-10/h4-6,17H,7H2,1-3H3. The molecule has 1 aromatic carbocycles. The fourth-order valence-corrected chi connectivity index (χ4v) is 1.98. The van der Waals surface area contributed by atoms with Crippen molar-refractivity contribution < 1.29 is 8.78 Å². The smallest absolute Gasteiger partial charge is 0.159 e. The molecule has 0 aliphatic carbocycles. The first-order chi connectivity index (χ1) is 9.01. The van der Waals surface area contributed by atoms with Crippen LogP contribution in [0.4, 0.5) is 8.78 Å². The van der Waals surface area contributed by atoms with Gasteiger partial charge >= 0.3 is 0 Å². The van der Waals surface area contributed by atoms with Gasteiger partial charge in [0, 0.05) is 35.1 Å². The van der Waals surface area contributed by atoms with Gasteiger partial charge in [-0.05, 0) is 33.0 Å². The zero-order chi connectivity index (χ0) is 14.0. The molecular formula is C14H15F2N3. The summed E-state index contributed by atoms with van der Waals surface area (Å²) in [5.41, 5.74) is 2.96. The van der Waals surface area contributed by atoms with Crippen LogP contribution in [0.2, 0.25) is 0 Å². The van der Waals surface area contributed by atoms with Gasteiger partial charge in [-0.15, -0.1) is 0 Å². The molecule has 100 valence electrons. The van der Waals surface area contributed by atoms with Crippen LogP contribution in [-0.2, 0) is 6.54 Å². The van der Waals surface area contributed by atoms with Crippen molar-refractivity contribution in [2.24, 2.45) is 0 Å². The summed E-state index contributed by atoms with van der Waals surface area (Å²) >= 11 is 0.